The number of carbonyl (C=O) groups is 1. The van der Waals surface area contributed by atoms with E-state index in [1.165, 1.54) is 38.5 Å². The monoisotopic (exact) mass is 342 g/mol. The number of fused-ring (bicyclic) bond motifs is 1. The zero-order valence-corrected chi connectivity index (χ0v) is 15.2. The fraction of sp³-hybridized carbons (Fsp3) is 0.750. The van der Waals surface area contributed by atoms with E-state index in [1.54, 1.807) is 0 Å². The van der Waals surface area contributed by atoms with Crippen molar-refractivity contribution in [3.8, 4) is 0 Å². The second-order valence-corrected chi connectivity index (χ2v) is 8.00. The summed E-state index contributed by atoms with van der Waals surface area (Å²) in [6, 6.07) is 0. The van der Waals surface area contributed by atoms with Gasteiger partial charge in [0.15, 0.2) is 0 Å². The highest BCUT2D eigenvalue weighted by atomic mass is 16.2. The smallest absolute Gasteiger partial charge is 0.222 e. The van der Waals surface area contributed by atoms with Crippen molar-refractivity contribution in [2.45, 2.75) is 70.3 Å². The standard InChI is InChI=1S/C20H30N4O/c25-19(8-7-15-4-1-2-5-15)24-11-9-18-17(14-24)13-22-20(23-18)16-6-3-10-21-12-16/h13,15-16,21H,1-12,14H2. The lowest BCUT2D eigenvalue weighted by atomic mass is 9.97. The Bertz CT molecular complexity index is 606. The van der Waals surface area contributed by atoms with Gasteiger partial charge in [-0.25, -0.2) is 9.97 Å². The second kappa shape index (κ2) is 7.81. The number of nitrogens with zero attached hydrogens (tertiary/aromatic N) is 3. The van der Waals surface area contributed by atoms with Gasteiger partial charge in [0.1, 0.15) is 5.82 Å². The van der Waals surface area contributed by atoms with E-state index < -0.39 is 0 Å². The summed E-state index contributed by atoms with van der Waals surface area (Å²) in [7, 11) is 0. The Morgan fingerprint density at radius 3 is 2.92 bits per heavy atom. The molecule has 1 atom stereocenters. The molecule has 0 aromatic carbocycles. The van der Waals surface area contributed by atoms with Crippen LogP contribution >= 0.6 is 0 Å². The van der Waals surface area contributed by atoms with Crippen LogP contribution in [0.4, 0.5) is 0 Å². The highest BCUT2D eigenvalue weighted by Gasteiger charge is 2.25. The Kier molecular flexibility index (Phi) is 5.30. The Morgan fingerprint density at radius 2 is 2.12 bits per heavy atom. The predicted molar refractivity (Wildman–Crippen MR) is 97.2 cm³/mol. The van der Waals surface area contributed by atoms with Gasteiger partial charge in [-0.05, 0) is 31.7 Å². The molecular formula is C20H30N4O. The first-order valence-corrected chi connectivity index (χ1v) is 10.1. The molecule has 3 heterocycles. The summed E-state index contributed by atoms with van der Waals surface area (Å²) in [6.45, 7) is 3.61. The molecule has 3 aliphatic rings. The third-order valence-corrected chi connectivity index (χ3v) is 6.21. The minimum absolute atomic E-state index is 0.318. The van der Waals surface area contributed by atoms with Gasteiger partial charge in [-0.1, -0.05) is 25.7 Å². The molecule has 25 heavy (non-hydrogen) atoms. The predicted octanol–water partition coefficient (Wildman–Crippen LogP) is 2.80. The molecule has 1 saturated heterocycles. The van der Waals surface area contributed by atoms with Gasteiger partial charge in [0.2, 0.25) is 5.91 Å². The van der Waals surface area contributed by atoms with Crippen LogP contribution in [0.3, 0.4) is 0 Å². The molecule has 1 saturated carbocycles. The summed E-state index contributed by atoms with van der Waals surface area (Å²) < 4.78 is 0. The van der Waals surface area contributed by atoms with Crippen LogP contribution in [0.2, 0.25) is 0 Å². The number of piperidine rings is 1. The molecule has 1 aromatic heterocycles. The molecule has 0 spiro atoms. The summed E-state index contributed by atoms with van der Waals surface area (Å²) in [4.78, 5) is 24.1. The molecule has 1 unspecified atom stereocenters. The van der Waals surface area contributed by atoms with Gasteiger partial charge in [0.25, 0.3) is 0 Å². The molecule has 136 valence electrons. The van der Waals surface area contributed by atoms with E-state index in [9.17, 15) is 4.79 Å². The third-order valence-electron chi connectivity index (χ3n) is 6.21. The topological polar surface area (TPSA) is 58.1 Å². The molecule has 0 bridgehead atoms. The first-order valence-electron chi connectivity index (χ1n) is 10.1. The van der Waals surface area contributed by atoms with Crippen LogP contribution in [0.25, 0.3) is 0 Å². The van der Waals surface area contributed by atoms with Crippen molar-refractivity contribution in [1.29, 1.82) is 0 Å². The number of rotatable bonds is 4. The zero-order chi connectivity index (χ0) is 17.1. The molecule has 2 aliphatic heterocycles. The number of amides is 1. The number of hydrogen-bond donors (Lipinski definition) is 1. The van der Waals surface area contributed by atoms with E-state index in [-0.39, 0.29) is 0 Å². The fourth-order valence-electron chi connectivity index (χ4n) is 4.60. The third kappa shape index (κ3) is 4.02. The van der Waals surface area contributed by atoms with Crippen LogP contribution in [-0.2, 0) is 17.8 Å². The maximum Gasteiger partial charge on any atom is 0.222 e. The molecule has 0 radical (unpaired) electrons. The molecule has 5 nitrogen and oxygen atoms in total. The summed E-state index contributed by atoms with van der Waals surface area (Å²) in [5, 5.41) is 3.44. The Labute approximate surface area is 150 Å². The van der Waals surface area contributed by atoms with E-state index in [4.69, 9.17) is 4.98 Å². The molecule has 4 rings (SSSR count). The van der Waals surface area contributed by atoms with Crippen LogP contribution in [0.5, 0.6) is 0 Å². The van der Waals surface area contributed by atoms with Crippen LogP contribution in [0.1, 0.15) is 74.4 Å². The van der Waals surface area contributed by atoms with Gasteiger partial charge in [0.05, 0.1) is 5.69 Å². The van der Waals surface area contributed by atoms with Crippen LogP contribution < -0.4 is 5.32 Å². The van der Waals surface area contributed by atoms with E-state index >= 15 is 0 Å². The summed E-state index contributed by atoms with van der Waals surface area (Å²) in [5.41, 5.74) is 2.31. The highest BCUT2D eigenvalue weighted by Crippen LogP contribution is 2.29. The highest BCUT2D eigenvalue weighted by molar-refractivity contribution is 5.76. The Hall–Kier alpha value is -1.49. The van der Waals surface area contributed by atoms with Crippen LogP contribution in [0, 0.1) is 5.92 Å². The van der Waals surface area contributed by atoms with Crippen molar-refractivity contribution >= 4 is 5.91 Å². The first kappa shape index (κ1) is 17.0. The Balaban J connectivity index is 1.35. The van der Waals surface area contributed by atoms with Gasteiger partial charge in [0, 0.05) is 50.2 Å². The second-order valence-electron chi connectivity index (χ2n) is 8.00. The van der Waals surface area contributed by atoms with Crippen molar-refractivity contribution in [2.75, 3.05) is 19.6 Å². The quantitative estimate of drug-likeness (QED) is 0.914. The molecular weight excluding hydrogens is 312 g/mol. The van der Waals surface area contributed by atoms with Gasteiger partial charge in [-0.3, -0.25) is 4.79 Å². The van der Waals surface area contributed by atoms with Crippen LogP contribution in [-0.4, -0.2) is 40.4 Å². The van der Waals surface area contributed by atoms with Crippen molar-refractivity contribution in [1.82, 2.24) is 20.2 Å². The minimum Gasteiger partial charge on any atom is -0.338 e. The van der Waals surface area contributed by atoms with Crippen molar-refractivity contribution in [2.24, 2.45) is 5.92 Å². The maximum absolute atomic E-state index is 12.6. The first-order chi connectivity index (χ1) is 12.3. The molecule has 1 N–H and O–H groups in total. The molecule has 2 fully saturated rings. The van der Waals surface area contributed by atoms with Crippen molar-refractivity contribution in [3.63, 3.8) is 0 Å². The van der Waals surface area contributed by atoms with E-state index in [0.29, 0.717) is 24.8 Å². The van der Waals surface area contributed by atoms with Gasteiger partial charge < -0.3 is 10.2 Å². The van der Waals surface area contributed by atoms with E-state index in [0.717, 1.165) is 55.5 Å². The van der Waals surface area contributed by atoms with Gasteiger partial charge in [-0.2, -0.15) is 0 Å². The molecule has 1 amide bonds. The fourth-order valence-corrected chi connectivity index (χ4v) is 4.60. The lowest BCUT2D eigenvalue weighted by Gasteiger charge is -2.29. The summed E-state index contributed by atoms with van der Waals surface area (Å²) in [5.74, 6) is 2.55. The number of aromatic nitrogens is 2. The summed E-state index contributed by atoms with van der Waals surface area (Å²) in [6.07, 6.45) is 12.4. The molecule has 1 aromatic rings. The van der Waals surface area contributed by atoms with Gasteiger partial charge >= 0.3 is 0 Å². The number of hydrogen-bond acceptors (Lipinski definition) is 4. The lowest BCUT2D eigenvalue weighted by molar-refractivity contribution is -0.132. The summed E-state index contributed by atoms with van der Waals surface area (Å²) >= 11 is 0. The van der Waals surface area contributed by atoms with E-state index in [1.807, 2.05) is 11.1 Å². The van der Waals surface area contributed by atoms with Crippen LogP contribution in [0.15, 0.2) is 6.20 Å². The average molecular weight is 342 g/mol. The minimum atomic E-state index is 0.318. The number of nitrogens with one attached hydrogen (secondary N) is 1. The number of carbonyl (C=O) groups excluding carboxylic acids is 1. The maximum atomic E-state index is 12.6. The normalized spacial score (nSPS) is 24.3. The van der Waals surface area contributed by atoms with Crippen molar-refractivity contribution in [3.05, 3.63) is 23.3 Å². The Morgan fingerprint density at radius 1 is 1.24 bits per heavy atom. The molecule has 1 aliphatic carbocycles. The lowest BCUT2D eigenvalue weighted by Crippen LogP contribution is -2.37. The SMILES string of the molecule is O=C(CCC1CCCC1)N1CCc2nc(C3CCCNC3)ncc2C1. The average Bonchev–Trinajstić information content (AvgIpc) is 3.19. The molecule has 5 heteroatoms. The van der Waals surface area contributed by atoms with Crippen molar-refractivity contribution < 1.29 is 4.79 Å². The zero-order valence-electron chi connectivity index (χ0n) is 15.2. The largest absolute Gasteiger partial charge is 0.338 e. The van der Waals surface area contributed by atoms with Gasteiger partial charge in [-0.15, -0.1) is 0 Å². The van der Waals surface area contributed by atoms with E-state index in [2.05, 4.69) is 10.3 Å².